The van der Waals surface area contributed by atoms with E-state index < -0.39 is 10.0 Å². The largest absolute Gasteiger partial charge is 0.489 e. The van der Waals surface area contributed by atoms with Crippen LogP contribution in [0, 0.1) is 18.3 Å². The van der Waals surface area contributed by atoms with Crippen molar-refractivity contribution in [3.8, 4) is 11.8 Å². The van der Waals surface area contributed by atoms with Gasteiger partial charge in [-0.1, -0.05) is 35.9 Å². The monoisotopic (exact) mass is 392 g/mol. The lowest BCUT2D eigenvalue weighted by Crippen LogP contribution is -2.26. The van der Waals surface area contributed by atoms with Crippen molar-refractivity contribution in [2.75, 3.05) is 11.4 Å². The molecular weight excluding hydrogens is 372 g/mol. The lowest BCUT2D eigenvalue weighted by Gasteiger charge is -2.20. The molecule has 3 aromatic carbocycles. The maximum atomic E-state index is 12.8. The highest BCUT2D eigenvalue weighted by molar-refractivity contribution is 7.92. The van der Waals surface area contributed by atoms with Crippen molar-refractivity contribution in [3.63, 3.8) is 0 Å². The van der Waals surface area contributed by atoms with Crippen molar-refractivity contribution in [3.05, 3.63) is 89.5 Å². The number of ether oxygens (including phenoxy) is 1. The van der Waals surface area contributed by atoms with Crippen LogP contribution in [0.3, 0.4) is 0 Å². The molecule has 0 aromatic heterocycles. The van der Waals surface area contributed by atoms with Crippen LogP contribution in [0.1, 0.15) is 16.7 Å². The number of anilines is 1. The number of rotatable bonds is 6. The van der Waals surface area contributed by atoms with E-state index in [2.05, 4.69) is 6.07 Å². The van der Waals surface area contributed by atoms with Gasteiger partial charge < -0.3 is 4.74 Å². The molecule has 0 saturated heterocycles. The van der Waals surface area contributed by atoms with E-state index in [9.17, 15) is 8.42 Å². The molecule has 3 rings (SSSR count). The van der Waals surface area contributed by atoms with Gasteiger partial charge in [-0.3, -0.25) is 4.31 Å². The molecule has 0 atom stereocenters. The molecule has 0 amide bonds. The Morgan fingerprint density at radius 3 is 2.25 bits per heavy atom. The predicted molar refractivity (Wildman–Crippen MR) is 109 cm³/mol. The van der Waals surface area contributed by atoms with Gasteiger partial charge in [0.15, 0.2) is 0 Å². The second-order valence-electron chi connectivity index (χ2n) is 6.34. The van der Waals surface area contributed by atoms with Gasteiger partial charge in [-0.05, 0) is 49.4 Å². The van der Waals surface area contributed by atoms with E-state index in [-0.39, 0.29) is 11.5 Å². The molecule has 0 aliphatic rings. The average Bonchev–Trinajstić information content (AvgIpc) is 2.72. The van der Waals surface area contributed by atoms with Gasteiger partial charge in [0.25, 0.3) is 10.0 Å². The van der Waals surface area contributed by atoms with Crippen LogP contribution in [-0.2, 0) is 16.6 Å². The Balaban J connectivity index is 1.73. The Bertz CT molecular complexity index is 1100. The maximum absolute atomic E-state index is 12.8. The van der Waals surface area contributed by atoms with Crippen molar-refractivity contribution in [2.45, 2.75) is 18.4 Å². The smallest absolute Gasteiger partial charge is 0.264 e. The van der Waals surface area contributed by atoms with Gasteiger partial charge in [0, 0.05) is 12.6 Å². The molecule has 0 unspecified atom stereocenters. The molecule has 0 aliphatic heterocycles. The van der Waals surface area contributed by atoms with Crippen LogP contribution < -0.4 is 9.04 Å². The average molecular weight is 392 g/mol. The first-order valence-corrected chi connectivity index (χ1v) is 10.1. The van der Waals surface area contributed by atoms with Crippen LogP contribution in [0.5, 0.6) is 5.75 Å². The van der Waals surface area contributed by atoms with E-state index >= 15 is 0 Å². The van der Waals surface area contributed by atoms with E-state index in [1.165, 1.54) is 11.4 Å². The summed E-state index contributed by atoms with van der Waals surface area (Å²) in [6.45, 7) is 2.18. The van der Waals surface area contributed by atoms with Gasteiger partial charge in [0.2, 0.25) is 0 Å². The minimum Gasteiger partial charge on any atom is -0.489 e. The van der Waals surface area contributed by atoms with Crippen molar-refractivity contribution >= 4 is 15.7 Å². The Morgan fingerprint density at radius 1 is 0.964 bits per heavy atom. The second kappa shape index (κ2) is 8.15. The summed E-state index contributed by atoms with van der Waals surface area (Å²) >= 11 is 0. The number of sulfonamides is 1. The van der Waals surface area contributed by atoms with Gasteiger partial charge >= 0.3 is 0 Å². The third-order valence-electron chi connectivity index (χ3n) is 4.41. The van der Waals surface area contributed by atoms with Crippen LogP contribution in [0.4, 0.5) is 5.69 Å². The van der Waals surface area contributed by atoms with Crippen LogP contribution in [-0.4, -0.2) is 15.5 Å². The fourth-order valence-electron chi connectivity index (χ4n) is 2.68. The minimum atomic E-state index is -3.63. The van der Waals surface area contributed by atoms with Crippen molar-refractivity contribution in [2.24, 2.45) is 0 Å². The summed E-state index contributed by atoms with van der Waals surface area (Å²) in [5.41, 5.74) is 2.91. The van der Waals surface area contributed by atoms with Crippen LogP contribution in [0.15, 0.2) is 77.7 Å². The molecular formula is C22H20N2O3S. The second-order valence-corrected chi connectivity index (χ2v) is 8.31. The van der Waals surface area contributed by atoms with Crippen LogP contribution in [0.2, 0.25) is 0 Å². The molecule has 0 bridgehead atoms. The van der Waals surface area contributed by atoms with E-state index in [0.717, 1.165) is 11.1 Å². The lowest BCUT2D eigenvalue weighted by atomic mass is 10.1. The summed E-state index contributed by atoms with van der Waals surface area (Å²) in [7, 11) is -2.11. The number of nitrogens with zero attached hydrogens (tertiary/aromatic N) is 2. The summed E-state index contributed by atoms with van der Waals surface area (Å²) in [4.78, 5) is 0.244. The molecule has 3 aromatic rings. The topological polar surface area (TPSA) is 70.4 Å². The summed E-state index contributed by atoms with van der Waals surface area (Å²) < 4.78 is 32.5. The highest BCUT2D eigenvalue weighted by atomic mass is 32.2. The zero-order valence-electron chi connectivity index (χ0n) is 15.7. The molecule has 0 fully saturated rings. The summed E-state index contributed by atoms with van der Waals surface area (Å²) in [6, 6.07) is 22.9. The summed E-state index contributed by atoms with van der Waals surface area (Å²) in [5.74, 6) is 0.595. The van der Waals surface area contributed by atoms with Gasteiger partial charge in [0.1, 0.15) is 12.4 Å². The molecule has 6 heteroatoms. The molecule has 142 valence electrons. The zero-order chi connectivity index (χ0) is 20.1. The molecule has 5 nitrogen and oxygen atoms in total. The molecule has 28 heavy (non-hydrogen) atoms. The molecule has 0 spiro atoms. The fraction of sp³-hybridized carbons (Fsp3) is 0.136. The standard InChI is InChI=1S/C22H20N2O3S/c1-17-7-13-22(14-8-17)28(25,26)24(2)20-9-11-21(12-10-20)27-16-19-6-4-3-5-18(19)15-23/h3-14H,16H2,1-2H3. The molecule has 0 radical (unpaired) electrons. The van der Waals surface area contributed by atoms with E-state index in [1.807, 2.05) is 19.1 Å². The van der Waals surface area contributed by atoms with Gasteiger partial charge in [-0.15, -0.1) is 0 Å². The third-order valence-corrected chi connectivity index (χ3v) is 6.21. The normalized spacial score (nSPS) is 10.9. The summed E-state index contributed by atoms with van der Waals surface area (Å²) in [6.07, 6.45) is 0. The highest BCUT2D eigenvalue weighted by Crippen LogP contribution is 2.25. The molecule has 0 heterocycles. The number of aryl methyl sites for hydroxylation is 1. The number of hydrogen-bond acceptors (Lipinski definition) is 4. The minimum absolute atomic E-state index is 0.244. The Hall–Kier alpha value is -3.30. The molecule has 0 N–H and O–H groups in total. The maximum Gasteiger partial charge on any atom is 0.264 e. The fourth-order valence-corrected chi connectivity index (χ4v) is 3.87. The Morgan fingerprint density at radius 2 is 1.61 bits per heavy atom. The van der Waals surface area contributed by atoms with Gasteiger partial charge in [0.05, 0.1) is 22.2 Å². The Labute approximate surface area is 165 Å². The quantitative estimate of drug-likeness (QED) is 0.628. The van der Waals surface area contributed by atoms with Crippen molar-refractivity contribution in [1.29, 1.82) is 5.26 Å². The zero-order valence-corrected chi connectivity index (χ0v) is 16.5. The molecule has 0 aliphatic carbocycles. The van der Waals surface area contributed by atoms with Gasteiger partial charge in [-0.2, -0.15) is 5.26 Å². The summed E-state index contributed by atoms with van der Waals surface area (Å²) in [5, 5.41) is 9.13. The highest BCUT2D eigenvalue weighted by Gasteiger charge is 2.21. The van der Waals surface area contributed by atoms with Crippen LogP contribution >= 0.6 is 0 Å². The lowest BCUT2D eigenvalue weighted by molar-refractivity contribution is 0.306. The van der Waals surface area contributed by atoms with E-state index in [1.54, 1.807) is 60.7 Å². The van der Waals surface area contributed by atoms with Crippen molar-refractivity contribution in [1.82, 2.24) is 0 Å². The Kier molecular flexibility index (Phi) is 5.67. The number of benzene rings is 3. The first-order valence-electron chi connectivity index (χ1n) is 8.68. The van der Waals surface area contributed by atoms with Gasteiger partial charge in [-0.25, -0.2) is 8.42 Å². The first-order chi connectivity index (χ1) is 13.4. The third kappa shape index (κ3) is 4.16. The van der Waals surface area contributed by atoms with E-state index in [0.29, 0.717) is 17.0 Å². The molecule has 0 saturated carbocycles. The number of hydrogen-bond donors (Lipinski definition) is 0. The van der Waals surface area contributed by atoms with E-state index in [4.69, 9.17) is 10.00 Å². The first kappa shape index (κ1) is 19.5. The van der Waals surface area contributed by atoms with Crippen molar-refractivity contribution < 1.29 is 13.2 Å². The SMILES string of the molecule is Cc1ccc(S(=O)(=O)N(C)c2ccc(OCc3ccccc3C#N)cc2)cc1. The number of nitriles is 1. The predicted octanol–water partition coefficient (Wildman–Crippen LogP) is 4.27. The van der Waals surface area contributed by atoms with Crippen LogP contribution in [0.25, 0.3) is 0 Å².